The first-order chi connectivity index (χ1) is 16.2. The molecule has 2 fully saturated rings. The molecule has 9 heteroatoms. The molecule has 8 nitrogen and oxygen atoms in total. The molecule has 0 aliphatic carbocycles. The molecule has 2 aliphatic rings. The fourth-order valence-corrected chi connectivity index (χ4v) is 4.60. The molecule has 0 unspecified atom stereocenters. The molecule has 1 amide bonds. The zero-order valence-electron chi connectivity index (χ0n) is 18.2. The fourth-order valence-electron chi connectivity index (χ4n) is 4.41. The van der Waals surface area contributed by atoms with Crippen LogP contribution in [-0.2, 0) is 9.53 Å². The number of anilines is 1. The molecule has 0 spiro atoms. The smallest absolute Gasteiger partial charge is 0.261 e. The first kappa shape index (κ1) is 21.9. The van der Waals surface area contributed by atoms with Gasteiger partial charge in [-0.3, -0.25) is 4.79 Å². The van der Waals surface area contributed by atoms with E-state index in [1.807, 2.05) is 24.3 Å². The Morgan fingerprint density at radius 1 is 1.18 bits per heavy atom. The lowest BCUT2D eigenvalue weighted by molar-refractivity contribution is -0.126. The Balaban J connectivity index is 1.25. The number of ether oxygens (including phenoxy) is 1. The number of amides is 1. The van der Waals surface area contributed by atoms with Crippen molar-refractivity contribution < 1.29 is 14.1 Å². The third-order valence-electron chi connectivity index (χ3n) is 6.22. The number of carbonyl (C=O) groups is 1. The summed E-state index contributed by atoms with van der Waals surface area (Å²) in [5, 5.41) is 7.81. The van der Waals surface area contributed by atoms with Gasteiger partial charge in [0.25, 0.3) is 5.89 Å². The average Bonchev–Trinajstić information content (AvgIpc) is 3.55. The van der Waals surface area contributed by atoms with Crippen molar-refractivity contribution in [3.8, 4) is 22.8 Å². The van der Waals surface area contributed by atoms with Gasteiger partial charge in [0.1, 0.15) is 5.82 Å². The summed E-state index contributed by atoms with van der Waals surface area (Å²) >= 11 is 6.09. The summed E-state index contributed by atoms with van der Waals surface area (Å²) in [5.41, 5.74) is 1.57. The number of halogens is 1. The van der Waals surface area contributed by atoms with Gasteiger partial charge in [-0.05, 0) is 49.9 Å². The van der Waals surface area contributed by atoms with Crippen LogP contribution < -0.4 is 10.2 Å². The van der Waals surface area contributed by atoms with Crippen molar-refractivity contribution in [3.05, 3.63) is 47.6 Å². The van der Waals surface area contributed by atoms with Gasteiger partial charge in [-0.15, -0.1) is 0 Å². The van der Waals surface area contributed by atoms with Crippen LogP contribution in [0.5, 0.6) is 0 Å². The Morgan fingerprint density at radius 3 is 2.85 bits per heavy atom. The number of benzene rings is 1. The molecule has 2 aromatic heterocycles. The van der Waals surface area contributed by atoms with Crippen LogP contribution in [0.4, 0.5) is 5.82 Å². The SMILES string of the molecule is O=C(NC[C@@H]1CCCO1)C1CCN(c2ncccc2-c2nc(-c3cccc(Cl)c3)no2)CC1. The number of aromatic nitrogens is 3. The minimum absolute atomic E-state index is 0.00708. The second-order valence-corrected chi connectivity index (χ2v) is 8.89. The van der Waals surface area contributed by atoms with E-state index in [9.17, 15) is 4.79 Å². The van der Waals surface area contributed by atoms with Gasteiger partial charge >= 0.3 is 0 Å². The van der Waals surface area contributed by atoms with E-state index in [1.54, 1.807) is 18.3 Å². The van der Waals surface area contributed by atoms with E-state index in [2.05, 4.69) is 25.3 Å². The Morgan fingerprint density at radius 2 is 2.06 bits per heavy atom. The van der Waals surface area contributed by atoms with Gasteiger partial charge in [-0.25, -0.2) is 4.98 Å². The van der Waals surface area contributed by atoms with Crippen LogP contribution in [-0.4, -0.2) is 53.4 Å². The first-order valence-corrected chi connectivity index (χ1v) is 11.7. The second-order valence-electron chi connectivity index (χ2n) is 8.45. The summed E-state index contributed by atoms with van der Waals surface area (Å²) in [6.07, 6.45) is 5.56. The highest BCUT2D eigenvalue weighted by Crippen LogP contribution is 2.32. The summed E-state index contributed by atoms with van der Waals surface area (Å²) in [5.74, 6) is 1.80. The van der Waals surface area contributed by atoms with Crippen molar-refractivity contribution >= 4 is 23.3 Å². The molecule has 0 bridgehead atoms. The summed E-state index contributed by atoms with van der Waals surface area (Å²) in [6.45, 7) is 2.87. The monoisotopic (exact) mass is 467 g/mol. The molecule has 0 saturated carbocycles. The number of hydrogen-bond acceptors (Lipinski definition) is 7. The summed E-state index contributed by atoms with van der Waals surface area (Å²) in [7, 11) is 0. The van der Waals surface area contributed by atoms with Crippen LogP contribution >= 0.6 is 11.6 Å². The molecule has 33 heavy (non-hydrogen) atoms. The molecule has 172 valence electrons. The standard InChI is InChI=1S/C24H26ClN5O3/c25-18-5-1-4-17(14-18)21-28-24(33-29-21)20-7-2-10-26-22(20)30-11-8-16(9-12-30)23(31)27-15-19-6-3-13-32-19/h1-2,4-5,7,10,14,16,19H,3,6,8-9,11-13,15H2,(H,27,31)/t19-/m0/s1. The molecule has 3 aromatic rings. The highest BCUT2D eigenvalue weighted by Gasteiger charge is 2.28. The minimum atomic E-state index is 0.00708. The van der Waals surface area contributed by atoms with Gasteiger partial charge < -0.3 is 19.5 Å². The minimum Gasteiger partial charge on any atom is -0.376 e. The van der Waals surface area contributed by atoms with Gasteiger partial charge in [0.2, 0.25) is 11.7 Å². The van der Waals surface area contributed by atoms with Gasteiger partial charge in [-0.1, -0.05) is 28.9 Å². The predicted octanol–water partition coefficient (Wildman–Crippen LogP) is 3.96. The number of piperidine rings is 1. The van der Waals surface area contributed by atoms with Crippen molar-refractivity contribution in [3.63, 3.8) is 0 Å². The molecule has 1 atom stereocenters. The summed E-state index contributed by atoms with van der Waals surface area (Å²) in [6, 6.07) is 11.1. The number of rotatable bonds is 6. The third-order valence-corrected chi connectivity index (χ3v) is 6.45. The Kier molecular flexibility index (Phi) is 6.55. The first-order valence-electron chi connectivity index (χ1n) is 11.4. The van der Waals surface area contributed by atoms with Crippen LogP contribution in [0, 0.1) is 5.92 Å². The maximum Gasteiger partial charge on any atom is 0.261 e. The van der Waals surface area contributed by atoms with Crippen LogP contribution in [0.3, 0.4) is 0 Å². The number of nitrogens with one attached hydrogen (secondary N) is 1. The largest absolute Gasteiger partial charge is 0.376 e. The van der Waals surface area contributed by atoms with Crippen molar-refractivity contribution in [2.45, 2.75) is 31.8 Å². The molecule has 2 aliphatic heterocycles. The van der Waals surface area contributed by atoms with E-state index < -0.39 is 0 Å². The average molecular weight is 468 g/mol. The highest BCUT2D eigenvalue weighted by molar-refractivity contribution is 6.30. The van der Waals surface area contributed by atoms with Gasteiger partial charge in [0.15, 0.2) is 0 Å². The zero-order valence-corrected chi connectivity index (χ0v) is 19.0. The Labute approximate surface area is 197 Å². The zero-order chi connectivity index (χ0) is 22.6. The van der Waals surface area contributed by atoms with Crippen LogP contribution in [0.25, 0.3) is 22.8 Å². The lowest BCUT2D eigenvalue weighted by Gasteiger charge is -2.33. The van der Waals surface area contributed by atoms with Crippen LogP contribution in [0.15, 0.2) is 47.1 Å². The summed E-state index contributed by atoms with van der Waals surface area (Å²) in [4.78, 5) is 24.0. The Hall–Kier alpha value is -2.97. The molecular weight excluding hydrogens is 442 g/mol. The van der Waals surface area contributed by atoms with Gasteiger partial charge in [-0.2, -0.15) is 4.98 Å². The van der Waals surface area contributed by atoms with Gasteiger partial charge in [0, 0.05) is 48.9 Å². The van der Waals surface area contributed by atoms with E-state index >= 15 is 0 Å². The van der Waals surface area contributed by atoms with E-state index in [4.69, 9.17) is 20.9 Å². The van der Waals surface area contributed by atoms with Crippen molar-refractivity contribution in [1.29, 1.82) is 0 Å². The predicted molar refractivity (Wildman–Crippen MR) is 125 cm³/mol. The van der Waals surface area contributed by atoms with Crippen molar-refractivity contribution in [2.75, 3.05) is 31.1 Å². The molecular formula is C24H26ClN5O3. The quantitative estimate of drug-likeness (QED) is 0.586. The lowest BCUT2D eigenvalue weighted by Crippen LogP contribution is -2.42. The highest BCUT2D eigenvalue weighted by atomic mass is 35.5. The van der Waals surface area contributed by atoms with E-state index in [1.165, 1.54) is 0 Å². The van der Waals surface area contributed by atoms with Crippen molar-refractivity contribution in [2.24, 2.45) is 5.92 Å². The number of hydrogen-bond donors (Lipinski definition) is 1. The molecule has 2 saturated heterocycles. The number of carbonyl (C=O) groups excluding carboxylic acids is 1. The molecule has 5 rings (SSSR count). The maximum absolute atomic E-state index is 12.6. The van der Waals surface area contributed by atoms with E-state index in [0.29, 0.717) is 23.3 Å². The number of nitrogens with zero attached hydrogens (tertiary/aromatic N) is 4. The van der Waals surface area contributed by atoms with Crippen LogP contribution in [0.2, 0.25) is 5.02 Å². The van der Waals surface area contributed by atoms with Gasteiger partial charge in [0.05, 0.1) is 11.7 Å². The summed E-state index contributed by atoms with van der Waals surface area (Å²) < 4.78 is 11.2. The van der Waals surface area contributed by atoms with Crippen molar-refractivity contribution in [1.82, 2.24) is 20.4 Å². The number of pyridine rings is 1. The molecule has 4 heterocycles. The maximum atomic E-state index is 12.6. The second kappa shape index (κ2) is 9.89. The fraction of sp³-hybridized carbons (Fsp3) is 0.417. The Bertz CT molecular complexity index is 1110. The lowest BCUT2D eigenvalue weighted by atomic mass is 9.95. The third kappa shape index (κ3) is 5.02. The normalized spacial score (nSPS) is 19.1. The van der Waals surface area contributed by atoms with E-state index in [0.717, 1.165) is 62.3 Å². The topological polar surface area (TPSA) is 93.4 Å². The molecule has 0 radical (unpaired) electrons. The molecule has 1 aromatic carbocycles. The molecule has 1 N–H and O–H groups in total. The van der Waals surface area contributed by atoms with E-state index in [-0.39, 0.29) is 17.9 Å². The van der Waals surface area contributed by atoms with Crippen LogP contribution in [0.1, 0.15) is 25.7 Å².